The van der Waals surface area contributed by atoms with Gasteiger partial charge in [0.15, 0.2) is 0 Å². The van der Waals surface area contributed by atoms with Crippen molar-refractivity contribution in [3.8, 4) is 11.4 Å². The summed E-state index contributed by atoms with van der Waals surface area (Å²) < 4.78 is 2.31. The first-order valence-electron chi connectivity index (χ1n) is 8.29. The van der Waals surface area contributed by atoms with Crippen LogP contribution in [0.3, 0.4) is 0 Å². The molecule has 0 saturated heterocycles. The Morgan fingerprint density at radius 2 is 1.72 bits per heavy atom. The van der Waals surface area contributed by atoms with Crippen molar-refractivity contribution in [2.75, 3.05) is 11.9 Å². The van der Waals surface area contributed by atoms with E-state index in [0.717, 1.165) is 33.0 Å². The molecular formula is C21H16ClN3. The van der Waals surface area contributed by atoms with E-state index < -0.39 is 0 Å². The summed E-state index contributed by atoms with van der Waals surface area (Å²) in [6.45, 7) is 0. The van der Waals surface area contributed by atoms with Crippen molar-refractivity contribution < 1.29 is 0 Å². The highest BCUT2D eigenvalue weighted by Crippen LogP contribution is 2.43. The van der Waals surface area contributed by atoms with Crippen molar-refractivity contribution in [2.24, 2.45) is 0 Å². The predicted molar refractivity (Wildman–Crippen MR) is 103 cm³/mol. The average molecular weight is 346 g/mol. The van der Waals surface area contributed by atoms with Crippen LogP contribution in [0.25, 0.3) is 22.4 Å². The van der Waals surface area contributed by atoms with Crippen LogP contribution in [-0.2, 0) is 0 Å². The largest absolute Gasteiger partial charge is 0.350 e. The van der Waals surface area contributed by atoms with E-state index in [2.05, 4.69) is 65.0 Å². The number of nitrogens with zero attached hydrogens (tertiary/aromatic N) is 3. The van der Waals surface area contributed by atoms with Crippen molar-refractivity contribution in [2.45, 2.75) is 6.17 Å². The Labute approximate surface area is 151 Å². The summed E-state index contributed by atoms with van der Waals surface area (Å²) in [7, 11) is 2.13. The van der Waals surface area contributed by atoms with Crippen LogP contribution in [0.15, 0.2) is 72.8 Å². The molecular weight excluding hydrogens is 330 g/mol. The monoisotopic (exact) mass is 345 g/mol. The Bertz CT molecular complexity index is 1100. The lowest BCUT2D eigenvalue weighted by molar-refractivity contribution is 0.582. The van der Waals surface area contributed by atoms with Crippen LogP contribution in [0, 0.1) is 0 Å². The lowest BCUT2D eigenvalue weighted by Crippen LogP contribution is -2.34. The molecule has 5 rings (SSSR count). The zero-order chi connectivity index (χ0) is 17.0. The summed E-state index contributed by atoms with van der Waals surface area (Å²) in [6.07, 6.45) is 0.0102. The second kappa shape index (κ2) is 5.36. The summed E-state index contributed by atoms with van der Waals surface area (Å²) in [5.74, 6) is 1.000. The number of hydrogen-bond acceptors (Lipinski definition) is 2. The van der Waals surface area contributed by atoms with Gasteiger partial charge in [0, 0.05) is 23.3 Å². The number of halogens is 1. The third-order valence-electron chi connectivity index (χ3n) is 4.88. The second-order valence-corrected chi connectivity index (χ2v) is 6.79. The number of rotatable bonds is 1. The minimum Gasteiger partial charge on any atom is -0.350 e. The number of para-hydroxylation sites is 3. The first kappa shape index (κ1) is 14.6. The van der Waals surface area contributed by atoms with E-state index in [1.165, 1.54) is 5.69 Å². The second-order valence-electron chi connectivity index (χ2n) is 6.35. The minimum absolute atomic E-state index is 0.0102. The molecule has 122 valence electrons. The molecule has 2 heterocycles. The Morgan fingerprint density at radius 1 is 0.920 bits per heavy atom. The third kappa shape index (κ3) is 2.09. The molecule has 3 aromatic carbocycles. The number of imidazole rings is 1. The third-order valence-corrected chi connectivity index (χ3v) is 5.11. The predicted octanol–water partition coefficient (Wildman–Crippen LogP) is 5.35. The van der Waals surface area contributed by atoms with Gasteiger partial charge in [-0.25, -0.2) is 4.98 Å². The van der Waals surface area contributed by atoms with Crippen LogP contribution < -0.4 is 4.90 Å². The van der Waals surface area contributed by atoms with Gasteiger partial charge in [0.2, 0.25) is 0 Å². The summed E-state index contributed by atoms with van der Waals surface area (Å²) in [4.78, 5) is 7.22. The number of aromatic nitrogens is 2. The van der Waals surface area contributed by atoms with Crippen LogP contribution in [0.4, 0.5) is 5.69 Å². The quantitative estimate of drug-likeness (QED) is 0.463. The fourth-order valence-electron chi connectivity index (χ4n) is 3.80. The molecule has 4 aromatic rings. The summed E-state index contributed by atoms with van der Waals surface area (Å²) in [5, 5.41) is 0.746. The summed E-state index contributed by atoms with van der Waals surface area (Å²) in [5.41, 5.74) is 5.61. The van der Waals surface area contributed by atoms with E-state index in [9.17, 15) is 0 Å². The molecule has 0 aliphatic carbocycles. The molecule has 1 atom stereocenters. The molecule has 0 spiro atoms. The number of anilines is 1. The molecule has 4 heteroatoms. The Hall–Kier alpha value is -2.78. The van der Waals surface area contributed by atoms with Gasteiger partial charge in [-0.15, -0.1) is 0 Å². The molecule has 0 saturated carbocycles. The van der Waals surface area contributed by atoms with Crippen molar-refractivity contribution in [1.29, 1.82) is 0 Å². The lowest BCUT2D eigenvalue weighted by Gasteiger charge is -2.38. The van der Waals surface area contributed by atoms with Crippen molar-refractivity contribution >= 4 is 28.3 Å². The Morgan fingerprint density at radius 3 is 2.60 bits per heavy atom. The standard InChI is InChI=1S/C21H16ClN3/c1-24-18-11-4-2-9-16(18)20-23-17-10-3-5-12-19(17)25(20)21(24)14-7-6-8-15(22)13-14/h2-13,21H,1H3/t21-/m1/s1. The van der Waals surface area contributed by atoms with Crippen molar-refractivity contribution in [3.05, 3.63) is 83.4 Å². The van der Waals surface area contributed by atoms with E-state index in [4.69, 9.17) is 16.6 Å². The summed E-state index contributed by atoms with van der Waals surface area (Å²) in [6, 6.07) is 24.8. The van der Waals surface area contributed by atoms with E-state index in [-0.39, 0.29) is 6.17 Å². The van der Waals surface area contributed by atoms with E-state index in [0.29, 0.717) is 0 Å². The molecule has 0 amide bonds. The maximum absolute atomic E-state index is 6.29. The number of hydrogen-bond donors (Lipinski definition) is 0. The topological polar surface area (TPSA) is 21.1 Å². The van der Waals surface area contributed by atoms with E-state index >= 15 is 0 Å². The smallest absolute Gasteiger partial charge is 0.145 e. The number of benzene rings is 3. The highest BCUT2D eigenvalue weighted by Gasteiger charge is 2.32. The van der Waals surface area contributed by atoms with Gasteiger partial charge in [-0.05, 0) is 42.0 Å². The highest BCUT2D eigenvalue weighted by molar-refractivity contribution is 6.30. The van der Waals surface area contributed by atoms with Gasteiger partial charge in [-0.3, -0.25) is 4.57 Å². The van der Waals surface area contributed by atoms with Gasteiger partial charge < -0.3 is 4.90 Å². The SMILES string of the molecule is CN1c2ccccc2-c2nc3ccccc3n2[C@@H]1c1cccc(Cl)c1. The highest BCUT2D eigenvalue weighted by atomic mass is 35.5. The van der Waals surface area contributed by atoms with Gasteiger partial charge in [0.25, 0.3) is 0 Å². The van der Waals surface area contributed by atoms with Crippen LogP contribution in [0.5, 0.6) is 0 Å². The van der Waals surface area contributed by atoms with Crippen LogP contribution in [0.2, 0.25) is 5.02 Å². The summed E-state index contributed by atoms with van der Waals surface area (Å²) >= 11 is 6.29. The first-order chi connectivity index (χ1) is 12.2. The zero-order valence-electron chi connectivity index (χ0n) is 13.7. The molecule has 0 radical (unpaired) electrons. The number of fused-ring (bicyclic) bond motifs is 5. The zero-order valence-corrected chi connectivity index (χ0v) is 14.5. The van der Waals surface area contributed by atoms with Crippen LogP contribution >= 0.6 is 11.6 Å². The van der Waals surface area contributed by atoms with E-state index in [1.807, 2.05) is 24.3 Å². The molecule has 0 N–H and O–H groups in total. The van der Waals surface area contributed by atoms with Crippen molar-refractivity contribution in [3.63, 3.8) is 0 Å². The minimum atomic E-state index is 0.0102. The van der Waals surface area contributed by atoms with Gasteiger partial charge in [0.1, 0.15) is 12.0 Å². The Kier molecular flexibility index (Phi) is 3.12. The molecule has 0 fully saturated rings. The normalized spacial score (nSPS) is 15.9. The lowest BCUT2D eigenvalue weighted by atomic mass is 10.0. The van der Waals surface area contributed by atoms with Crippen LogP contribution in [0.1, 0.15) is 11.7 Å². The van der Waals surface area contributed by atoms with Gasteiger partial charge in [-0.1, -0.05) is 48.0 Å². The Balaban J connectivity index is 1.87. The fourth-order valence-corrected chi connectivity index (χ4v) is 4.00. The van der Waals surface area contributed by atoms with E-state index in [1.54, 1.807) is 0 Å². The van der Waals surface area contributed by atoms with Gasteiger partial charge in [-0.2, -0.15) is 0 Å². The maximum atomic E-state index is 6.29. The van der Waals surface area contributed by atoms with Gasteiger partial charge in [0.05, 0.1) is 11.0 Å². The van der Waals surface area contributed by atoms with Crippen molar-refractivity contribution in [1.82, 2.24) is 9.55 Å². The fraction of sp³-hybridized carbons (Fsp3) is 0.0952. The first-order valence-corrected chi connectivity index (χ1v) is 8.66. The molecule has 0 unspecified atom stereocenters. The maximum Gasteiger partial charge on any atom is 0.145 e. The van der Waals surface area contributed by atoms with Gasteiger partial charge >= 0.3 is 0 Å². The molecule has 1 aliphatic rings. The van der Waals surface area contributed by atoms with Crippen LogP contribution in [-0.4, -0.2) is 16.6 Å². The molecule has 1 aliphatic heterocycles. The molecule has 3 nitrogen and oxygen atoms in total. The molecule has 1 aromatic heterocycles. The molecule has 25 heavy (non-hydrogen) atoms. The molecule has 0 bridgehead atoms. The average Bonchev–Trinajstić information content (AvgIpc) is 3.02.